The van der Waals surface area contributed by atoms with Gasteiger partial charge in [0.25, 0.3) is 0 Å². The van der Waals surface area contributed by atoms with E-state index < -0.39 is 10.0 Å². The molecule has 0 bridgehead atoms. The summed E-state index contributed by atoms with van der Waals surface area (Å²) in [7, 11) is -2.28. The zero-order valence-corrected chi connectivity index (χ0v) is 20.2. The van der Waals surface area contributed by atoms with Crippen LogP contribution in [0.4, 0.5) is 5.69 Å². The highest BCUT2D eigenvalue weighted by molar-refractivity contribution is 7.99. The second-order valence-electron chi connectivity index (χ2n) is 7.62. The van der Waals surface area contributed by atoms with Gasteiger partial charge in [-0.05, 0) is 53.9 Å². The maximum atomic E-state index is 12.6. The molecular formula is C25H23N3O4S2. The second kappa shape index (κ2) is 9.84. The standard InChI is InChI=1S/C25H23N3O4S2/c1-16-8-9-18(12-23(16)34(26,30)31)27-24(29)15-33-25-14-21(17-6-4-3-5-7-17)20-11-10-19(32-2)13-22(20)28-25/h3-14H,15H2,1-2H3,(H,27,29)(H2,26,30,31). The lowest BCUT2D eigenvalue weighted by atomic mass is 10.0. The van der Waals surface area contributed by atoms with E-state index in [1.807, 2.05) is 54.6 Å². The van der Waals surface area contributed by atoms with Crippen LogP contribution in [-0.4, -0.2) is 32.2 Å². The Morgan fingerprint density at radius 3 is 2.53 bits per heavy atom. The van der Waals surface area contributed by atoms with Crippen LogP contribution in [0, 0.1) is 6.92 Å². The minimum atomic E-state index is -3.88. The fourth-order valence-electron chi connectivity index (χ4n) is 3.56. The van der Waals surface area contributed by atoms with E-state index in [2.05, 4.69) is 5.32 Å². The predicted molar refractivity (Wildman–Crippen MR) is 136 cm³/mol. The molecular weight excluding hydrogens is 470 g/mol. The fourth-order valence-corrected chi connectivity index (χ4v) is 5.09. The number of fused-ring (bicyclic) bond motifs is 1. The quantitative estimate of drug-likeness (QED) is 0.364. The lowest BCUT2D eigenvalue weighted by molar-refractivity contribution is -0.113. The summed E-state index contributed by atoms with van der Waals surface area (Å²) < 4.78 is 28.8. The van der Waals surface area contributed by atoms with Gasteiger partial charge in [0.15, 0.2) is 0 Å². The number of thioether (sulfide) groups is 1. The molecule has 34 heavy (non-hydrogen) atoms. The number of benzene rings is 3. The van der Waals surface area contributed by atoms with Gasteiger partial charge in [-0.2, -0.15) is 0 Å². The topological polar surface area (TPSA) is 111 Å². The molecule has 1 heterocycles. The largest absolute Gasteiger partial charge is 0.497 e. The third-order valence-corrected chi connectivity index (χ3v) is 7.17. The first-order valence-corrected chi connectivity index (χ1v) is 12.9. The lowest BCUT2D eigenvalue weighted by Gasteiger charge is -2.12. The Morgan fingerprint density at radius 1 is 1.06 bits per heavy atom. The van der Waals surface area contributed by atoms with E-state index in [0.717, 1.165) is 22.0 Å². The van der Waals surface area contributed by atoms with E-state index in [9.17, 15) is 13.2 Å². The Balaban J connectivity index is 1.58. The molecule has 0 saturated heterocycles. The number of nitrogens with one attached hydrogen (secondary N) is 1. The molecule has 0 aliphatic rings. The fraction of sp³-hybridized carbons (Fsp3) is 0.120. The molecule has 7 nitrogen and oxygen atoms in total. The minimum Gasteiger partial charge on any atom is -0.497 e. The van der Waals surface area contributed by atoms with Crippen LogP contribution >= 0.6 is 11.8 Å². The first-order chi connectivity index (χ1) is 16.2. The summed E-state index contributed by atoms with van der Waals surface area (Å²) in [4.78, 5) is 17.3. The number of aromatic nitrogens is 1. The summed E-state index contributed by atoms with van der Waals surface area (Å²) in [6.07, 6.45) is 0. The summed E-state index contributed by atoms with van der Waals surface area (Å²) >= 11 is 1.29. The minimum absolute atomic E-state index is 0.0180. The van der Waals surface area contributed by atoms with E-state index >= 15 is 0 Å². The van der Waals surface area contributed by atoms with Gasteiger partial charge in [-0.25, -0.2) is 18.5 Å². The molecule has 0 radical (unpaired) electrons. The van der Waals surface area contributed by atoms with Gasteiger partial charge in [-0.1, -0.05) is 48.2 Å². The van der Waals surface area contributed by atoms with Gasteiger partial charge < -0.3 is 10.1 Å². The highest BCUT2D eigenvalue weighted by Crippen LogP contribution is 2.33. The van der Waals surface area contributed by atoms with Crippen LogP contribution in [0.2, 0.25) is 0 Å². The molecule has 0 saturated carbocycles. The number of carbonyl (C=O) groups excluding carboxylic acids is 1. The molecule has 3 aromatic carbocycles. The number of pyridine rings is 1. The molecule has 0 aliphatic carbocycles. The summed E-state index contributed by atoms with van der Waals surface area (Å²) in [6, 6.07) is 22.3. The summed E-state index contributed by atoms with van der Waals surface area (Å²) in [5.41, 5.74) is 3.69. The number of nitrogens with two attached hydrogens (primary N) is 1. The Hall–Kier alpha value is -3.40. The number of methoxy groups -OCH3 is 1. The first kappa shape index (κ1) is 23.7. The van der Waals surface area contributed by atoms with E-state index in [1.54, 1.807) is 26.2 Å². The van der Waals surface area contributed by atoms with Crippen molar-refractivity contribution in [2.75, 3.05) is 18.2 Å². The molecule has 4 rings (SSSR count). The van der Waals surface area contributed by atoms with Crippen LogP contribution in [0.3, 0.4) is 0 Å². The van der Waals surface area contributed by atoms with Crippen molar-refractivity contribution >= 4 is 44.3 Å². The molecule has 0 fully saturated rings. The molecule has 0 atom stereocenters. The Kier molecular flexibility index (Phi) is 6.87. The average molecular weight is 494 g/mol. The molecule has 174 valence electrons. The van der Waals surface area contributed by atoms with Crippen LogP contribution in [0.5, 0.6) is 5.75 Å². The first-order valence-electron chi connectivity index (χ1n) is 10.3. The second-order valence-corrected chi connectivity index (χ2v) is 10.1. The van der Waals surface area contributed by atoms with E-state index in [4.69, 9.17) is 14.9 Å². The van der Waals surface area contributed by atoms with Crippen molar-refractivity contribution in [3.05, 3.63) is 78.4 Å². The maximum absolute atomic E-state index is 12.6. The van der Waals surface area contributed by atoms with Gasteiger partial charge in [0, 0.05) is 17.1 Å². The molecule has 1 aromatic heterocycles. The number of rotatable bonds is 7. The number of primary sulfonamides is 1. The Bertz CT molecular complexity index is 1470. The number of nitrogens with zero attached hydrogens (tertiary/aromatic N) is 1. The Morgan fingerprint density at radius 2 is 1.82 bits per heavy atom. The molecule has 0 spiro atoms. The van der Waals surface area contributed by atoms with Gasteiger partial charge in [-0.3, -0.25) is 4.79 Å². The summed E-state index contributed by atoms with van der Waals surface area (Å²) in [5.74, 6) is 0.502. The van der Waals surface area contributed by atoms with E-state index in [-0.39, 0.29) is 16.6 Å². The van der Waals surface area contributed by atoms with Crippen molar-refractivity contribution in [2.45, 2.75) is 16.8 Å². The van der Waals surface area contributed by atoms with Gasteiger partial charge in [0.1, 0.15) is 5.75 Å². The number of ether oxygens (including phenoxy) is 1. The van der Waals surface area contributed by atoms with Crippen molar-refractivity contribution in [1.29, 1.82) is 0 Å². The van der Waals surface area contributed by atoms with Crippen molar-refractivity contribution in [3.8, 4) is 16.9 Å². The monoisotopic (exact) mass is 493 g/mol. The number of aryl methyl sites for hydroxylation is 1. The van der Waals surface area contributed by atoms with Gasteiger partial charge >= 0.3 is 0 Å². The maximum Gasteiger partial charge on any atom is 0.238 e. The zero-order valence-electron chi connectivity index (χ0n) is 18.6. The molecule has 1 amide bonds. The number of sulfonamides is 1. The number of hydrogen-bond acceptors (Lipinski definition) is 6. The highest BCUT2D eigenvalue weighted by Gasteiger charge is 2.14. The van der Waals surface area contributed by atoms with Gasteiger partial charge in [0.2, 0.25) is 15.9 Å². The van der Waals surface area contributed by atoms with Crippen LogP contribution < -0.4 is 15.2 Å². The summed E-state index contributed by atoms with van der Waals surface area (Å²) in [6.45, 7) is 1.64. The number of hydrogen-bond donors (Lipinski definition) is 2. The summed E-state index contributed by atoms with van der Waals surface area (Å²) in [5, 5.41) is 9.65. The van der Waals surface area contributed by atoms with Crippen molar-refractivity contribution in [1.82, 2.24) is 4.98 Å². The molecule has 9 heteroatoms. The average Bonchev–Trinajstić information content (AvgIpc) is 2.83. The normalized spacial score (nSPS) is 11.4. The highest BCUT2D eigenvalue weighted by atomic mass is 32.2. The number of anilines is 1. The number of amides is 1. The van der Waals surface area contributed by atoms with Gasteiger partial charge in [0.05, 0.1) is 28.3 Å². The molecule has 4 aromatic rings. The van der Waals surface area contributed by atoms with Gasteiger partial charge in [-0.15, -0.1) is 0 Å². The molecule has 0 unspecified atom stereocenters. The third-order valence-electron chi connectivity index (χ3n) is 5.21. The SMILES string of the molecule is COc1ccc2c(-c3ccccc3)cc(SCC(=O)Nc3ccc(C)c(S(N)(=O)=O)c3)nc2c1. The zero-order chi connectivity index (χ0) is 24.3. The van der Waals surface area contributed by atoms with Crippen LogP contribution in [0.1, 0.15) is 5.56 Å². The Labute approximate surface area is 202 Å². The van der Waals surface area contributed by atoms with E-state index in [0.29, 0.717) is 22.0 Å². The van der Waals surface area contributed by atoms with Crippen molar-refractivity contribution < 1.29 is 17.9 Å². The lowest BCUT2D eigenvalue weighted by Crippen LogP contribution is -2.17. The smallest absolute Gasteiger partial charge is 0.238 e. The van der Waals surface area contributed by atoms with Crippen LogP contribution in [0.25, 0.3) is 22.0 Å². The van der Waals surface area contributed by atoms with Crippen LogP contribution in [0.15, 0.2) is 82.7 Å². The third kappa shape index (κ3) is 5.39. The van der Waals surface area contributed by atoms with Crippen molar-refractivity contribution in [3.63, 3.8) is 0 Å². The molecule has 3 N–H and O–H groups in total. The predicted octanol–water partition coefficient (Wildman–Crippen LogP) is 4.60. The molecule has 0 aliphatic heterocycles. The number of carbonyl (C=O) groups is 1. The van der Waals surface area contributed by atoms with Crippen molar-refractivity contribution in [2.24, 2.45) is 5.14 Å². The van der Waals surface area contributed by atoms with E-state index in [1.165, 1.54) is 17.8 Å². The van der Waals surface area contributed by atoms with Crippen LogP contribution in [-0.2, 0) is 14.8 Å².